The molecular formula is C17H15N5O. The van der Waals surface area contributed by atoms with Crippen LogP contribution in [0.4, 0.5) is 5.82 Å². The smallest absolute Gasteiger partial charge is 0.229 e. The summed E-state index contributed by atoms with van der Waals surface area (Å²) >= 11 is 0. The summed E-state index contributed by atoms with van der Waals surface area (Å²) in [4.78, 5) is 17.3. The number of nitrogens with zero attached hydrogens (tertiary/aromatic N) is 4. The van der Waals surface area contributed by atoms with Gasteiger partial charge < -0.3 is 9.73 Å². The minimum atomic E-state index is 0.599. The molecule has 0 saturated heterocycles. The number of aromatic nitrogens is 4. The van der Waals surface area contributed by atoms with Crippen molar-refractivity contribution < 1.29 is 4.42 Å². The molecule has 0 aliphatic heterocycles. The molecule has 114 valence electrons. The van der Waals surface area contributed by atoms with Gasteiger partial charge in [-0.25, -0.2) is 15.0 Å². The highest BCUT2D eigenvalue weighted by molar-refractivity contribution is 6.05. The Hall–Kier alpha value is -3.02. The van der Waals surface area contributed by atoms with Crippen LogP contribution in [0.1, 0.15) is 16.8 Å². The molecule has 4 rings (SSSR count). The van der Waals surface area contributed by atoms with Crippen LogP contribution < -0.4 is 5.32 Å². The lowest BCUT2D eigenvalue weighted by molar-refractivity contribution is 0.650. The molecule has 23 heavy (non-hydrogen) atoms. The van der Waals surface area contributed by atoms with Crippen molar-refractivity contribution in [2.24, 2.45) is 0 Å². The Morgan fingerprint density at radius 3 is 2.96 bits per heavy atom. The number of rotatable bonds is 3. The lowest BCUT2D eigenvalue weighted by atomic mass is 10.1. The zero-order chi connectivity index (χ0) is 15.8. The first-order valence-corrected chi connectivity index (χ1v) is 7.36. The predicted octanol–water partition coefficient (Wildman–Crippen LogP) is 3.39. The van der Waals surface area contributed by atoms with Gasteiger partial charge in [0.25, 0.3) is 0 Å². The molecule has 0 fully saturated rings. The maximum Gasteiger partial charge on any atom is 0.229 e. The summed E-state index contributed by atoms with van der Waals surface area (Å²) in [6.07, 6.45) is 5.11. The van der Waals surface area contributed by atoms with E-state index >= 15 is 0 Å². The summed E-state index contributed by atoms with van der Waals surface area (Å²) in [5.41, 5.74) is 5.11. The highest BCUT2D eigenvalue weighted by Crippen LogP contribution is 2.32. The second kappa shape index (κ2) is 5.31. The van der Waals surface area contributed by atoms with Gasteiger partial charge in [-0.15, -0.1) is 0 Å². The summed E-state index contributed by atoms with van der Waals surface area (Å²) in [7, 11) is 0. The summed E-state index contributed by atoms with van der Waals surface area (Å²) in [5, 5.41) is 4.23. The molecule has 1 N–H and O–H groups in total. The van der Waals surface area contributed by atoms with Crippen LogP contribution in [0.3, 0.4) is 0 Å². The highest BCUT2D eigenvalue weighted by atomic mass is 16.3. The lowest BCUT2D eigenvalue weighted by Crippen LogP contribution is -2.02. The van der Waals surface area contributed by atoms with Gasteiger partial charge in [0.05, 0.1) is 5.39 Å². The molecule has 0 unspecified atom stereocenters. The van der Waals surface area contributed by atoms with Crippen LogP contribution in [0, 0.1) is 13.8 Å². The fraction of sp³-hybridized carbons (Fsp3) is 0.176. The Bertz CT molecular complexity index is 994. The van der Waals surface area contributed by atoms with Gasteiger partial charge in [-0.2, -0.15) is 0 Å². The molecule has 0 saturated carbocycles. The van der Waals surface area contributed by atoms with Gasteiger partial charge >= 0.3 is 0 Å². The van der Waals surface area contributed by atoms with Crippen LogP contribution in [0.2, 0.25) is 0 Å². The van der Waals surface area contributed by atoms with Crippen LogP contribution in [-0.4, -0.2) is 19.9 Å². The van der Waals surface area contributed by atoms with Gasteiger partial charge in [-0.3, -0.25) is 4.98 Å². The van der Waals surface area contributed by atoms with Gasteiger partial charge in [-0.05, 0) is 37.1 Å². The number of aryl methyl sites for hydroxylation is 2. The Morgan fingerprint density at radius 2 is 2.13 bits per heavy atom. The van der Waals surface area contributed by atoms with Crippen molar-refractivity contribution in [2.45, 2.75) is 20.4 Å². The van der Waals surface area contributed by atoms with E-state index in [1.54, 1.807) is 12.5 Å². The highest BCUT2D eigenvalue weighted by Gasteiger charge is 2.16. The first-order chi connectivity index (χ1) is 11.2. The predicted molar refractivity (Wildman–Crippen MR) is 88.1 cm³/mol. The summed E-state index contributed by atoms with van der Waals surface area (Å²) < 4.78 is 5.92. The Morgan fingerprint density at radius 1 is 1.22 bits per heavy atom. The average molecular weight is 305 g/mol. The molecule has 0 radical (unpaired) electrons. The van der Waals surface area contributed by atoms with E-state index in [4.69, 9.17) is 4.42 Å². The molecule has 6 nitrogen and oxygen atoms in total. The molecular weight excluding hydrogens is 290 g/mol. The van der Waals surface area contributed by atoms with Crippen LogP contribution in [-0.2, 0) is 6.54 Å². The minimum Gasteiger partial charge on any atom is -0.432 e. The zero-order valence-electron chi connectivity index (χ0n) is 12.9. The van der Waals surface area contributed by atoms with Gasteiger partial charge in [0.2, 0.25) is 5.71 Å². The number of anilines is 1. The Balaban J connectivity index is 1.80. The lowest BCUT2D eigenvalue weighted by Gasteiger charge is -2.04. The van der Waals surface area contributed by atoms with Gasteiger partial charge in [0.15, 0.2) is 11.4 Å². The van der Waals surface area contributed by atoms with E-state index in [1.807, 2.05) is 38.2 Å². The molecule has 0 spiro atoms. The fourth-order valence-corrected chi connectivity index (χ4v) is 2.72. The van der Waals surface area contributed by atoms with Gasteiger partial charge in [-0.1, -0.05) is 6.07 Å². The van der Waals surface area contributed by atoms with Crippen LogP contribution >= 0.6 is 0 Å². The molecule has 4 aromatic heterocycles. The zero-order valence-corrected chi connectivity index (χ0v) is 12.9. The van der Waals surface area contributed by atoms with Crippen molar-refractivity contribution in [2.75, 3.05) is 5.32 Å². The van der Waals surface area contributed by atoms with E-state index in [-0.39, 0.29) is 0 Å². The SMILES string of the molecule is Cc1cc(C)c2c(n1)oc1c(NCc3cccnc3)ncnc12. The number of nitrogens with one attached hydrogen (secondary N) is 1. The first-order valence-electron chi connectivity index (χ1n) is 7.36. The van der Waals surface area contributed by atoms with Crippen LogP contribution in [0.15, 0.2) is 41.3 Å². The monoisotopic (exact) mass is 305 g/mol. The summed E-state index contributed by atoms with van der Waals surface area (Å²) in [6.45, 7) is 4.60. The number of pyridine rings is 2. The summed E-state index contributed by atoms with van der Waals surface area (Å²) in [5.74, 6) is 0.661. The molecule has 0 aliphatic rings. The average Bonchev–Trinajstić information content (AvgIpc) is 2.92. The molecule has 0 amide bonds. The van der Waals surface area contributed by atoms with Gasteiger partial charge in [0.1, 0.15) is 11.8 Å². The standard InChI is InChI=1S/C17H15N5O/c1-10-6-11(2)22-17-13(10)14-15(23-17)16(21-9-20-14)19-8-12-4-3-5-18-7-12/h3-7,9H,8H2,1-2H3,(H,19,20,21). The maximum absolute atomic E-state index is 5.92. The fourth-order valence-electron chi connectivity index (χ4n) is 2.72. The van der Waals surface area contributed by atoms with Crippen LogP contribution in [0.25, 0.3) is 22.2 Å². The van der Waals surface area contributed by atoms with Crippen molar-refractivity contribution >= 4 is 28.0 Å². The number of hydrogen-bond donors (Lipinski definition) is 1. The van der Waals surface area contributed by atoms with E-state index < -0.39 is 0 Å². The largest absolute Gasteiger partial charge is 0.432 e. The Labute approximate surface area is 132 Å². The van der Waals surface area contributed by atoms with E-state index in [2.05, 4.69) is 25.3 Å². The molecule has 0 atom stereocenters. The third kappa shape index (κ3) is 2.38. The first kappa shape index (κ1) is 13.6. The maximum atomic E-state index is 5.92. The second-order valence-corrected chi connectivity index (χ2v) is 5.48. The van der Waals surface area contributed by atoms with E-state index in [1.165, 1.54) is 0 Å². The van der Waals surface area contributed by atoms with Crippen molar-refractivity contribution in [3.63, 3.8) is 0 Å². The van der Waals surface area contributed by atoms with Crippen molar-refractivity contribution in [1.29, 1.82) is 0 Å². The van der Waals surface area contributed by atoms with Crippen molar-refractivity contribution in [3.05, 3.63) is 53.7 Å². The van der Waals surface area contributed by atoms with Crippen LogP contribution in [0.5, 0.6) is 0 Å². The molecule has 4 aromatic rings. The third-order valence-corrected chi connectivity index (χ3v) is 3.73. The van der Waals surface area contributed by atoms with Crippen molar-refractivity contribution in [1.82, 2.24) is 19.9 Å². The molecule has 6 heteroatoms. The van der Waals surface area contributed by atoms with E-state index in [0.717, 1.165) is 27.7 Å². The van der Waals surface area contributed by atoms with E-state index in [0.29, 0.717) is 23.7 Å². The molecule has 0 aliphatic carbocycles. The topological polar surface area (TPSA) is 76.7 Å². The Kier molecular flexibility index (Phi) is 3.15. The molecule has 0 bridgehead atoms. The normalized spacial score (nSPS) is 11.2. The van der Waals surface area contributed by atoms with Crippen molar-refractivity contribution in [3.8, 4) is 0 Å². The third-order valence-electron chi connectivity index (χ3n) is 3.73. The number of fused-ring (bicyclic) bond motifs is 3. The van der Waals surface area contributed by atoms with Gasteiger partial charge in [0, 0.05) is 24.6 Å². The number of hydrogen-bond acceptors (Lipinski definition) is 6. The number of furan rings is 1. The second-order valence-electron chi connectivity index (χ2n) is 5.48. The molecule has 0 aromatic carbocycles. The minimum absolute atomic E-state index is 0.599. The molecule has 4 heterocycles. The summed E-state index contributed by atoms with van der Waals surface area (Å²) in [6, 6.07) is 5.94. The van der Waals surface area contributed by atoms with E-state index in [9.17, 15) is 0 Å². The quantitative estimate of drug-likeness (QED) is 0.625.